The molecule has 1 aliphatic rings. The van der Waals surface area contributed by atoms with Crippen molar-refractivity contribution >= 4 is 22.7 Å². The fourth-order valence-corrected chi connectivity index (χ4v) is 4.79. The summed E-state index contributed by atoms with van der Waals surface area (Å²) >= 11 is 1.53. The third kappa shape index (κ3) is 3.31. The first-order valence-corrected chi connectivity index (χ1v) is 10.5. The molecule has 0 amide bonds. The summed E-state index contributed by atoms with van der Waals surface area (Å²) in [6.07, 6.45) is 4.96. The molecule has 0 bridgehead atoms. The maximum atomic E-state index is 12.1. The Labute approximate surface area is 171 Å². The van der Waals surface area contributed by atoms with Crippen LogP contribution in [-0.2, 0) is 18.6 Å². The highest BCUT2D eigenvalue weighted by atomic mass is 32.2. The Kier molecular flexibility index (Phi) is 4.60. The van der Waals surface area contributed by atoms with Crippen LogP contribution in [0.5, 0.6) is 5.75 Å². The lowest BCUT2D eigenvalue weighted by Gasteiger charge is -2.11. The van der Waals surface area contributed by atoms with Crippen LogP contribution in [0.2, 0.25) is 0 Å². The van der Waals surface area contributed by atoms with E-state index in [1.54, 1.807) is 19.5 Å². The van der Waals surface area contributed by atoms with E-state index in [-0.39, 0.29) is 5.63 Å². The van der Waals surface area contributed by atoms with Gasteiger partial charge in [-0.05, 0) is 60.2 Å². The van der Waals surface area contributed by atoms with Crippen molar-refractivity contribution in [3.05, 3.63) is 75.9 Å². The Morgan fingerprint density at radius 2 is 2.00 bits per heavy atom. The summed E-state index contributed by atoms with van der Waals surface area (Å²) < 4.78 is 12.8. The SMILES string of the molecule is COc1ccccc1-n1cnnc1SCc1cc(=O)oc2cc3c(cc12)CCC3. The molecule has 0 unspecified atom stereocenters. The summed E-state index contributed by atoms with van der Waals surface area (Å²) in [5.74, 6) is 1.34. The molecule has 2 aromatic carbocycles. The van der Waals surface area contributed by atoms with Gasteiger partial charge in [0.1, 0.15) is 17.7 Å². The minimum absolute atomic E-state index is 0.322. The Bertz CT molecular complexity index is 1260. The van der Waals surface area contributed by atoms with Gasteiger partial charge in [-0.1, -0.05) is 23.9 Å². The number of nitrogens with zero attached hydrogens (tertiary/aromatic N) is 3. The molecule has 0 radical (unpaired) electrons. The van der Waals surface area contributed by atoms with E-state index >= 15 is 0 Å². The first-order valence-electron chi connectivity index (χ1n) is 9.47. The summed E-state index contributed by atoms with van der Waals surface area (Å²) in [5.41, 5.74) is 4.82. The zero-order valence-electron chi connectivity index (χ0n) is 15.9. The molecule has 2 heterocycles. The molecule has 0 atom stereocenters. The van der Waals surface area contributed by atoms with Gasteiger partial charge in [0.15, 0.2) is 5.16 Å². The van der Waals surface area contributed by atoms with Crippen LogP contribution >= 0.6 is 11.8 Å². The van der Waals surface area contributed by atoms with E-state index in [1.807, 2.05) is 34.9 Å². The van der Waals surface area contributed by atoms with E-state index in [2.05, 4.69) is 16.3 Å². The zero-order valence-corrected chi connectivity index (χ0v) is 16.7. The van der Waals surface area contributed by atoms with Crippen molar-refractivity contribution in [1.29, 1.82) is 0 Å². The Hall–Kier alpha value is -3.06. The smallest absolute Gasteiger partial charge is 0.336 e. The number of thioether (sulfide) groups is 1. The van der Waals surface area contributed by atoms with Gasteiger partial charge in [0, 0.05) is 17.2 Å². The number of rotatable bonds is 5. The van der Waals surface area contributed by atoms with Crippen LogP contribution in [0.15, 0.2) is 63.2 Å². The molecule has 146 valence electrons. The molecule has 5 rings (SSSR count). The number of para-hydroxylation sites is 2. The fourth-order valence-electron chi connectivity index (χ4n) is 3.87. The number of methoxy groups -OCH3 is 1. The van der Waals surface area contributed by atoms with Crippen molar-refractivity contribution in [2.75, 3.05) is 7.11 Å². The van der Waals surface area contributed by atoms with Crippen LogP contribution in [0.3, 0.4) is 0 Å². The van der Waals surface area contributed by atoms with Gasteiger partial charge in [0.25, 0.3) is 0 Å². The highest BCUT2D eigenvalue weighted by molar-refractivity contribution is 7.98. The van der Waals surface area contributed by atoms with Gasteiger partial charge >= 0.3 is 5.63 Å². The maximum Gasteiger partial charge on any atom is 0.336 e. The molecular weight excluding hydrogens is 386 g/mol. The van der Waals surface area contributed by atoms with Gasteiger partial charge in [-0.3, -0.25) is 4.57 Å². The van der Waals surface area contributed by atoms with Crippen LogP contribution in [0.4, 0.5) is 0 Å². The topological polar surface area (TPSA) is 70.2 Å². The van der Waals surface area contributed by atoms with Crippen molar-refractivity contribution in [2.45, 2.75) is 30.2 Å². The Balaban J connectivity index is 1.50. The lowest BCUT2D eigenvalue weighted by Crippen LogP contribution is -2.02. The van der Waals surface area contributed by atoms with Crippen molar-refractivity contribution in [3.8, 4) is 11.4 Å². The summed E-state index contributed by atoms with van der Waals surface area (Å²) in [6, 6.07) is 13.5. The van der Waals surface area contributed by atoms with Crippen molar-refractivity contribution in [3.63, 3.8) is 0 Å². The van der Waals surface area contributed by atoms with Crippen LogP contribution in [-0.4, -0.2) is 21.9 Å². The van der Waals surface area contributed by atoms with Gasteiger partial charge in [0.2, 0.25) is 0 Å². The van der Waals surface area contributed by atoms with Crippen molar-refractivity contribution < 1.29 is 9.15 Å². The van der Waals surface area contributed by atoms with Gasteiger partial charge in [-0.15, -0.1) is 10.2 Å². The molecule has 1 aliphatic carbocycles. The standard InChI is InChI=1S/C22H19N3O3S/c1-27-19-8-3-2-7-18(19)25-13-23-24-22(25)29-12-16-11-21(26)28-20-10-15-6-4-5-14(15)9-17(16)20/h2-3,7-11,13H,4-6,12H2,1H3. The number of hydrogen-bond acceptors (Lipinski definition) is 6. The van der Waals surface area contributed by atoms with Crippen LogP contribution in [0.1, 0.15) is 23.1 Å². The lowest BCUT2D eigenvalue weighted by atomic mass is 10.0. The van der Waals surface area contributed by atoms with E-state index in [0.717, 1.165) is 46.8 Å². The highest BCUT2D eigenvalue weighted by Gasteiger charge is 2.17. The van der Waals surface area contributed by atoms with Crippen LogP contribution in [0, 0.1) is 0 Å². The monoisotopic (exact) mass is 405 g/mol. The molecule has 4 aromatic rings. The highest BCUT2D eigenvalue weighted by Crippen LogP contribution is 2.32. The van der Waals surface area contributed by atoms with Crippen molar-refractivity contribution in [1.82, 2.24) is 14.8 Å². The first-order chi connectivity index (χ1) is 14.2. The van der Waals surface area contributed by atoms with Crippen LogP contribution in [0.25, 0.3) is 16.7 Å². The molecule has 0 N–H and O–H groups in total. The summed E-state index contributed by atoms with van der Waals surface area (Å²) in [5, 5.41) is 10.1. The predicted octanol–water partition coefficient (Wildman–Crippen LogP) is 4.16. The van der Waals surface area contributed by atoms with Gasteiger partial charge in [-0.2, -0.15) is 0 Å². The molecular formula is C22H19N3O3S. The van der Waals surface area contributed by atoms with E-state index < -0.39 is 0 Å². The minimum Gasteiger partial charge on any atom is -0.495 e. The second-order valence-corrected chi connectivity index (χ2v) is 7.95. The maximum absolute atomic E-state index is 12.1. The van der Waals surface area contributed by atoms with Gasteiger partial charge in [-0.25, -0.2) is 4.79 Å². The number of aromatic nitrogens is 3. The fraction of sp³-hybridized carbons (Fsp3) is 0.227. The first kappa shape index (κ1) is 18.0. The van der Waals surface area contributed by atoms with E-state index in [0.29, 0.717) is 11.3 Å². The minimum atomic E-state index is -0.322. The molecule has 6 nitrogen and oxygen atoms in total. The van der Waals surface area contributed by atoms with Crippen molar-refractivity contribution in [2.24, 2.45) is 0 Å². The molecule has 0 saturated heterocycles. The number of ether oxygens (including phenoxy) is 1. The molecule has 0 aliphatic heterocycles. The third-order valence-electron chi connectivity index (χ3n) is 5.26. The average molecular weight is 405 g/mol. The molecule has 7 heteroatoms. The second-order valence-electron chi connectivity index (χ2n) is 7.01. The Morgan fingerprint density at radius 3 is 2.86 bits per heavy atom. The van der Waals surface area contributed by atoms with Gasteiger partial charge in [0.05, 0.1) is 12.8 Å². The van der Waals surface area contributed by atoms with E-state index in [9.17, 15) is 4.79 Å². The second kappa shape index (κ2) is 7.40. The zero-order chi connectivity index (χ0) is 19.8. The quantitative estimate of drug-likeness (QED) is 0.367. The molecule has 0 fully saturated rings. The largest absolute Gasteiger partial charge is 0.495 e. The molecule has 2 aromatic heterocycles. The lowest BCUT2D eigenvalue weighted by molar-refractivity contribution is 0.412. The number of hydrogen-bond donors (Lipinski definition) is 0. The third-order valence-corrected chi connectivity index (χ3v) is 6.25. The summed E-state index contributed by atoms with van der Waals surface area (Å²) in [4.78, 5) is 12.1. The van der Waals surface area contributed by atoms with Gasteiger partial charge < -0.3 is 9.15 Å². The summed E-state index contributed by atoms with van der Waals surface area (Å²) in [6.45, 7) is 0. The molecule has 0 spiro atoms. The Morgan fingerprint density at radius 1 is 1.17 bits per heavy atom. The number of aryl methyl sites for hydroxylation is 2. The normalized spacial score (nSPS) is 13.0. The number of benzene rings is 2. The van der Waals surface area contributed by atoms with E-state index in [1.165, 1.54) is 22.9 Å². The molecule has 29 heavy (non-hydrogen) atoms. The van der Waals surface area contributed by atoms with E-state index in [4.69, 9.17) is 9.15 Å². The summed E-state index contributed by atoms with van der Waals surface area (Å²) in [7, 11) is 1.64. The predicted molar refractivity (Wildman–Crippen MR) is 112 cm³/mol. The van der Waals surface area contributed by atoms with Crippen LogP contribution < -0.4 is 10.4 Å². The number of fused-ring (bicyclic) bond motifs is 2. The average Bonchev–Trinajstić information content (AvgIpc) is 3.39. The molecule has 0 saturated carbocycles.